The lowest BCUT2D eigenvalue weighted by molar-refractivity contribution is -0.125. The van der Waals surface area contributed by atoms with Crippen LogP contribution in [0.3, 0.4) is 0 Å². The molecular weight excluding hydrogens is 356 g/mol. The number of hydrogen-bond acceptors (Lipinski definition) is 6. The van der Waals surface area contributed by atoms with Gasteiger partial charge in [0.25, 0.3) is 5.88 Å². The van der Waals surface area contributed by atoms with Gasteiger partial charge in [0.05, 0.1) is 36.4 Å². The average Bonchev–Trinajstić information content (AvgIpc) is 3.25. The van der Waals surface area contributed by atoms with E-state index in [-0.39, 0.29) is 11.8 Å². The predicted molar refractivity (Wildman–Crippen MR) is 106 cm³/mol. The zero-order chi connectivity index (χ0) is 19.3. The van der Waals surface area contributed by atoms with E-state index in [9.17, 15) is 4.79 Å². The van der Waals surface area contributed by atoms with Gasteiger partial charge in [0.1, 0.15) is 5.76 Å². The fourth-order valence-corrected chi connectivity index (χ4v) is 3.53. The van der Waals surface area contributed by atoms with E-state index in [1.807, 2.05) is 43.3 Å². The van der Waals surface area contributed by atoms with Crippen molar-refractivity contribution in [2.75, 3.05) is 24.6 Å². The number of carbonyl (C=O) groups excluding carboxylic acids is 1. The molecule has 1 aromatic carbocycles. The van der Waals surface area contributed by atoms with E-state index in [0.717, 1.165) is 36.2 Å². The van der Waals surface area contributed by atoms with Crippen molar-refractivity contribution in [1.82, 2.24) is 15.3 Å². The lowest BCUT2D eigenvalue weighted by atomic mass is 9.97. The van der Waals surface area contributed by atoms with Crippen LogP contribution in [0.15, 0.2) is 47.1 Å². The number of para-hydroxylation sites is 2. The molecule has 0 spiro atoms. The first-order chi connectivity index (χ1) is 13.7. The summed E-state index contributed by atoms with van der Waals surface area (Å²) in [5.74, 6) is 1.92. The first kappa shape index (κ1) is 18.3. The summed E-state index contributed by atoms with van der Waals surface area (Å²) < 4.78 is 11.0. The number of hydrogen-bond donors (Lipinski definition) is 1. The van der Waals surface area contributed by atoms with Crippen molar-refractivity contribution >= 4 is 22.8 Å². The molecule has 1 atom stereocenters. The zero-order valence-electron chi connectivity index (χ0n) is 15.9. The van der Waals surface area contributed by atoms with Gasteiger partial charge in [-0.1, -0.05) is 12.1 Å². The van der Waals surface area contributed by atoms with Crippen LogP contribution in [-0.4, -0.2) is 35.6 Å². The Morgan fingerprint density at radius 3 is 2.82 bits per heavy atom. The summed E-state index contributed by atoms with van der Waals surface area (Å²) in [5, 5.41) is 2.97. The van der Waals surface area contributed by atoms with Crippen molar-refractivity contribution in [2.24, 2.45) is 5.92 Å². The number of benzene rings is 1. The Bertz CT molecular complexity index is 942. The molecule has 7 nitrogen and oxygen atoms in total. The van der Waals surface area contributed by atoms with Gasteiger partial charge >= 0.3 is 0 Å². The normalized spacial score (nSPS) is 16.9. The molecule has 1 saturated heterocycles. The third-order valence-electron chi connectivity index (χ3n) is 4.91. The molecule has 2 aromatic heterocycles. The fourth-order valence-electron chi connectivity index (χ4n) is 3.53. The highest BCUT2D eigenvalue weighted by atomic mass is 16.5. The van der Waals surface area contributed by atoms with Gasteiger partial charge in [0, 0.05) is 13.1 Å². The number of piperidine rings is 1. The Kier molecular flexibility index (Phi) is 5.41. The maximum Gasteiger partial charge on any atom is 0.258 e. The smallest absolute Gasteiger partial charge is 0.258 e. The number of furan rings is 1. The molecular formula is C21H24N4O3. The van der Waals surface area contributed by atoms with Crippen LogP contribution in [0.1, 0.15) is 25.5 Å². The lowest BCUT2D eigenvalue weighted by Crippen LogP contribution is -2.43. The Balaban J connectivity index is 1.52. The number of nitrogens with zero attached hydrogens (tertiary/aromatic N) is 3. The largest absolute Gasteiger partial charge is 0.475 e. The van der Waals surface area contributed by atoms with Crippen LogP contribution in [0.5, 0.6) is 5.88 Å². The van der Waals surface area contributed by atoms with E-state index in [4.69, 9.17) is 14.1 Å². The maximum atomic E-state index is 12.6. The van der Waals surface area contributed by atoms with Crippen LogP contribution >= 0.6 is 0 Å². The van der Waals surface area contributed by atoms with Gasteiger partial charge in [-0.25, -0.2) is 9.97 Å². The first-order valence-corrected chi connectivity index (χ1v) is 9.69. The molecule has 0 saturated carbocycles. The molecule has 0 aliphatic carbocycles. The van der Waals surface area contributed by atoms with Crippen LogP contribution in [0, 0.1) is 5.92 Å². The third kappa shape index (κ3) is 3.93. The third-order valence-corrected chi connectivity index (χ3v) is 4.91. The number of carbonyl (C=O) groups is 1. The summed E-state index contributed by atoms with van der Waals surface area (Å²) in [4.78, 5) is 24.2. The molecule has 1 aliphatic heterocycles. The standard InChI is InChI=1S/C21H24N4O3/c1-2-27-21-19(23-17-9-3-4-10-18(17)24-21)25-11-5-7-15(14-25)20(26)22-13-16-8-6-12-28-16/h3-4,6,8-10,12,15H,2,5,7,11,13-14H2,1H3,(H,22,26)/t15-/m1/s1. The van der Waals surface area contributed by atoms with Crippen molar-refractivity contribution < 1.29 is 13.9 Å². The van der Waals surface area contributed by atoms with Crippen LogP contribution in [0.2, 0.25) is 0 Å². The first-order valence-electron chi connectivity index (χ1n) is 9.69. The van der Waals surface area contributed by atoms with Crippen LogP contribution in [0.25, 0.3) is 11.0 Å². The van der Waals surface area contributed by atoms with E-state index in [0.29, 0.717) is 31.4 Å². The van der Waals surface area contributed by atoms with Crippen molar-refractivity contribution in [1.29, 1.82) is 0 Å². The van der Waals surface area contributed by atoms with Crippen LogP contribution in [-0.2, 0) is 11.3 Å². The lowest BCUT2D eigenvalue weighted by Gasteiger charge is -2.33. The van der Waals surface area contributed by atoms with E-state index < -0.39 is 0 Å². The van der Waals surface area contributed by atoms with Gasteiger partial charge in [-0.3, -0.25) is 4.79 Å². The molecule has 0 radical (unpaired) electrons. The molecule has 28 heavy (non-hydrogen) atoms. The topological polar surface area (TPSA) is 80.5 Å². The van der Waals surface area contributed by atoms with Gasteiger partial charge in [0.15, 0.2) is 5.82 Å². The molecule has 3 aromatic rings. The van der Waals surface area contributed by atoms with E-state index in [2.05, 4.69) is 15.2 Å². The molecule has 1 fully saturated rings. The van der Waals surface area contributed by atoms with Crippen LogP contribution in [0.4, 0.5) is 5.82 Å². The monoisotopic (exact) mass is 380 g/mol. The Labute approximate surface area is 163 Å². The number of nitrogens with one attached hydrogen (secondary N) is 1. The summed E-state index contributed by atoms with van der Waals surface area (Å²) in [6.07, 6.45) is 3.38. The molecule has 4 rings (SSSR count). The molecule has 1 aliphatic rings. The minimum atomic E-state index is -0.105. The molecule has 3 heterocycles. The number of ether oxygens (including phenoxy) is 1. The number of anilines is 1. The SMILES string of the molecule is CCOc1nc2ccccc2nc1N1CCC[C@@H](C(=O)NCc2ccco2)C1. The van der Waals surface area contributed by atoms with Gasteiger partial charge in [0.2, 0.25) is 5.91 Å². The maximum absolute atomic E-state index is 12.6. The molecule has 0 unspecified atom stereocenters. The van der Waals surface area contributed by atoms with Gasteiger partial charge in [-0.15, -0.1) is 0 Å². The highest BCUT2D eigenvalue weighted by Gasteiger charge is 2.28. The second kappa shape index (κ2) is 8.29. The van der Waals surface area contributed by atoms with E-state index >= 15 is 0 Å². The molecule has 1 N–H and O–H groups in total. The highest BCUT2D eigenvalue weighted by Crippen LogP contribution is 2.30. The fraction of sp³-hybridized carbons (Fsp3) is 0.381. The highest BCUT2D eigenvalue weighted by molar-refractivity contribution is 5.80. The van der Waals surface area contributed by atoms with E-state index in [1.54, 1.807) is 6.26 Å². The van der Waals surface area contributed by atoms with Gasteiger partial charge in [-0.2, -0.15) is 0 Å². The zero-order valence-corrected chi connectivity index (χ0v) is 15.9. The number of fused-ring (bicyclic) bond motifs is 1. The van der Waals surface area contributed by atoms with Crippen LogP contribution < -0.4 is 15.0 Å². The predicted octanol–water partition coefficient (Wildman–Crippen LogP) is 3.15. The Morgan fingerprint density at radius 2 is 2.07 bits per heavy atom. The quantitative estimate of drug-likeness (QED) is 0.708. The van der Waals surface area contributed by atoms with E-state index in [1.165, 1.54) is 0 Å². The second-order valence-corrected chi connectivity index (χ2v) is 6.86. The number of rotatable bonds is 6. The molecule has 0 bridgehead atoms. The summed E-state index contributed by atoms with van der Waals surface area (Å²) in [7, 11) is 0. The Hall–Kier alpha value is -3.09. The minimum Gasteiger partial charge on any atom is -0.475 e. The van der Waals surface area contributed by atoms with Crippen molar-refractivity contribution in [2.45, 2.75) is 26.3 Å². The number of aromatic nitrogens is 2. The molecule has 7 heteroatoms. The van der Waals surface area contributed by atoms with Gasteiger partial charge in [-0.05, 0) is 44.0 Å². The molecule has 1 amide bonds. The minimum absolute atomic E-state index is 0.0350. The summed E-state index contributed by atoms with van der Waals surface area (Å²) in [5.41, 5.74) is 1.63. The molecule has 146 valence electrons. The number of amides is 1. The van der Waals surface area contributed by atoms with Crippen molar-refractivity contribution in [3.8, 4) is 5.88 Å². The summed E-state index contributed by atoms with van der Waals surface area (Å²) in [6.45, 7) is 4.27. The van der Waals surface area contributed by atoms with Crippen molar-refractivity contribution in [3.05, 3.63) is 48.4 Å². The average molecular weight is 380 g/mol. The summed E-state index contributed by atoms with van der Waals surface area (Å²) >= 11 is 0. The van der Waals surface area contributed by atoms with Gasteiger partial charge < -0.3 is 19.4 Å². The summed E-state index contributed by atoms with van der Waals surface area (Å²) in [6, 6.07) is 11.4. The Morgan fingerprint density at radius 1 is 1.25 bits per heavy atom. The van der Waals surface area contributed by atoms with Crippen molar-refractivity contribution in [3.63, 3.8) is 0 Å². The second-order valence-electron chi connectivity index (χ2n) is 6.86.